The van der Waals surface area contributed by atoms with E-state index in [1.807, 2.05) is 81.4 Å². The van der Waals surface area contributed by atoms with Crippen molar-refractivity contribution in [2.24, 2.45) is 0 Å². The number of carbonyl (C=O) groups is 3. The molecule has 9 nitrogen and oxygen atoms in total. The Morgan fingerprint density at radius 2 is 1.43 bits per heavy atom. The topological polar surface area (TPSA) is 117 Å². The van der Waals surface area contributed by atoms with Crippen LogP contribution in [-0.4, -0.2) is 73.8 Å². The van der Waals surface area contributed by atoms with Crippen LogP contribution in [0.15, 0.2) is 60.7 Å². The molecule has 0 saturated carbocycles. The van der Waals surface area contributed by atoms with Gasteiger partial charge in [-0.25, -0.2) is 14.4 Å². The highest BCUT2D eigenvalue weighted by Gasteiger charge is 2.50. The molecule has 1 fully saturated rings. The number of urea groups is 1. The highest BCUT2D eigenvalue weighted by molar-refractivity contribution is 6.99. The maximum Gasteiger partial charge on any atom is 0.410 e. The van der Waals surface area contributed by atoms with E-state index in [-0.39, 0.29) is 23.8 Å². The molecule has 40 heavy (non-hydrogen) atoms. The summed E-state index contributed by atoms with van der Waals surface area (Å²) in [6.07, 6.45) is 0.716. The summed E-state index contributed by atoms with van der Waals surface area (Å²) < 4.78 is 12.1. The van der Waals surface area contributed by atoms with Gasteiger partial charge in [-0.2, -0.15) is 0 Å². The second kappa shape index (κ2) is 12.9. The minimum absolute atomic E-state index is 0.187. The molecular formula is C30H43N3O6Si. The van der Waals surface area contributed by atoms with Crippen molar-refractivity contribution >= 4 is 36.8 Å². The third kappa shape index (κ3) is 7.85. The van der Waals surface area contributed by atoms with E-state index in [1.54, 1.807) is 4.90 Å². The van der Waals surface area contributed by atoms with Gasteiger partial charge in [0, 0.05) is 19.1 Å². The molecule has 2 aromatic carbocycles. The van der Waals surface area contributed by atoms with Gasteiger partial charge >= 0.3 is 18.1 Å². The summed E-state index contributed by atoms with van der Waals surface area (Å²) in [4.78, 5) is 39.0. The van der Waals surface area contributed by atoms with Gasteiger partial charge in [0.2, 0.25) is 0 Å². The Morgan fingerprint density at radius 1 is 0.925 bits per heavy atom. The van der Waals surface area contributed by atoms with Gasteiger partial charge in [0.05, 0.1) is 6.61 Å². The molecule has 3 amide bonds. The molecule has 10 heteroatoms. The van der Waals surface area contributed by atoms with E-state index in [9.17, 15) is 19.5 Å². The Kier molecular flexibility index (Phi) is 10.0. The Morgan fingerprint density at radius 3 is 1.85 bits per heavy atom. The first kappa shape index (κ1) is 31.2. The minimum Gasteiger partial charge on any atom is -0.480 e. The van der Waals surface area contributed by atoms with E-state index in [4.69, 9.17) is 9.16 Å². The van der Waals surface area contributed by atoms with Crippen molar-refractivity contribution in [2.75, 3.05) is 19.7 Å². The van der Waals surface area contributed by atoms with Gasteiger partial charge in [0.15, 0.2) is 6.04 Å². The van der Waals surface area contributed by atoms with E-state index in [2.05, 4.69) is 31.4 Å². The third-order valence-electron chi connectivity index (χ3n) is 6.97. The standard InChI is InChI=1S/C30H43N3O6Si/c1-29(2,3)39-28(37)33-19-17-22(18-20-33)31-27(36)32-25(26(34)35)21-38-40(30(4,5)6,23-13-9-7-10-14-23)24-15-11-8-12-16-24/h7-16,22,25H,17-21H2,1-6H3,(H,34,35)(H2,31,32,36). The van der Waals surface area contributed by atoms with Gasteiger partial charge in [-0.3, -0.25) is 0 Å². The maximum absolute atomic E-state index is 12.9. The monoisotopic (exact) mass is 569 g/mol. The highest BCUT2D eigenvalue weighted by atomic mass is 28.4. The number of amides is 3. The number of nitrogens with zero attached hydrogens (tertiary/aromatic N) is 1. The molecule has 1 heterocycles. The second-order valence-electron chi connectivity index (χ2n) is 12.2. The Hall–Kier alpha value is -3.37. The molecule has 1 saturated heterocycles. The van der Waals surface area contributed by atoms with E-state index >= 15 is 0 Å². The van der Waals surface area contributed by atoms with Crippen molar-refractivity contribution in [3.63, 3.8) is 0 Å². The van der Waals surface area contributed by atoms with Crippen LogP contribution in [0, 0.1) is 0 Å². The largest absolute Gasteiger partial charge is 0.480 e. The molecule has 0 aromatic heterocycles. The number of carboxylic acids is 1. The first-order valence-electron chi connectivity index (χ1n) is 13.8. The zero-order chi connectivity index (χ0) is 29.6. The number of likely N-dealkylation sites (tertiary alicyclic amines) is 1. The quantitative estimate of drug-likeness (QED) is 0.417. The normalized spacial score (nSPS) is 15.7. The fraction of sp³-hybridized carbons (Fsp3) is 0.500. The third-order valence-corrected chi connectivity index (χ3v) is 12.0. The first-order chi connectivity index (χ1) is 18.7. The predicted octanol–water partition coefficient (Wildman–Crippen LogP) is 3.71. The Bertz CT molecular complexity index is 1100. The van der Waals surface area contributed by atoms with Crippen molar-refractivity contribution in [2.45, 2.75) is 77.1 Å². The van der Waals surface area contributed by atoms with Crippen molar-refractivity contribution < 1.29 is 28.7 Å². The smallest absolute Gasteiger partial charge is 0.410 e. The van der Waals surface area contributed by atoms with E-state index in [0.717, 1.165) is 10.4 Å². The Labute approximate surface area is 238 Å². The van der Waals surface area contributed by atoms with E-state index < -0.39 is 32.0 Å². The minimum atomic E-state index is -2.97. The van der Waals surface area contributed by atoms with Gasteiger partial charge in [-0.15, -0.1) is 0 Å². The highest BCUT2D eigenvalue weighted by Crippen LogP contribution is 2.36. The van der Waals surface area contributed by atoms with Crippen LogP contribution in [-0.2, 0) is 14.0 Å². The van der Waals surface area contributed by atoms with Gasteiger partial charge in [0.25, 0.3) is 8.32 Å². The number of hydrogen-bond donors (Lipinski definition) is 3. The second-order valence-corrected chi connectivity index (χ2v) is 16.5. The van der Waals surface area contributed by atoms with Crippen LogP contribution in [0.5, 0.6) is 0 Å². The van der Waals surface area contributed by atoms with E-state index in [1.165, 1.54) is 0 Å². The van der Waals surface area contributed by atoms with Crippen LogP contribution in [0.3, 0.4) is 0 Å². The van der Waals surface area contributed by atoms with Crippen molar-refractivity contribution in [3.8, 4) is 0 Å². The number of carboxylic acid groups (broad SMARTS) is 1. The number of nitrogens with one attached hydrogen (secondary N) is 2. The number of ether oxygens (including phenoxy) is 1. The van der Waals surface area contributed by atoms with Crippen molar-refractivity contribution in [3.05, 3.63) is 60.7 Å². The number of aliphatic carboxylic acids is 1. The number of hydrogen-bond acceptors (Lipinski definition) is 5. The van der Waals surface area contributed by atoms with Gasteiger partial charge < -0.3 is 29.8 Å². The summed E-state index contributed by atoms with van der Waals surface area (Å²) in [5, 5.41) is 17.2. The summed E-state index contributed by atoms with van der Waals surface area (Å²) in [5.74, 6) is -1.17. The summed E-state index contributed by atoms with van der Waals surface area (Å²) in [7, 11) is -2.97. The summed E-state index contributed by atoms with van der Waals surface area (Å²) >= 11 is 0. The molecule has 218 valence electrons. The number of rotatable bonds is 8. The summed E-state index contributed by atoms with van der Waals surface area (Å²) in [5.41, 5.74) is -0.575. The first-order valence-corrected chi connectivity index (χ1v) is 15.7. The molecule has 3 N–H and O–H groups in total. The number of benzene rings is 2. The van der Waals surface area contributed by atoms with Gasteiger partial charge in [0.1, 0.15) is 5.60 Å². The molecule has 3 rings (SSSR count). The molecule has 0 radical (unpaired) electrons. The van der Waals surface area contributed by atoms with Crippen molar-refractivity contribution in [1.82, 2.24) is 15.5 Å². The molecule has 0 spiro atoms. The molecule has 1 atom stereocenters. The predicted molar refractivity (Wildman–Crippen MR) is 157 cm³/mol. The molecule has 0 aliphatic carbocycles. The molecule has 0 bridgehead atoms. The van der Waals surface area contributed by atoms with E-state index in [0.29, 0.717) is 25.9 Å². The zero-order valence-corrected chi connectivity index (χ0v) is 25.4. The Balaban J connectivity index is 1.69. The average molecular weight is 570 g/mol. The SMILES string of the molecule is CC(C)(C)OC(=O)N1CCC(NC(=O)NC(CO[Si](c2ccccc2)(c2ccccc2)C(C)(C)C)C(=O)O)CC1. The average Bonchev–Trinajstić information content (AvgIpc) is 2.88. The van der Waals surface area contributed by atoms with Crippen LogP contribution < -0.4 is 21.0 Å². The molecule has 1 aliphatic heterocycles. The van der Waals surface area contributed by atoms with Crippen LogP contribution in [0.2, 0.25) is 5.04 Å². The van der Waals surface area contributed by atoms with Gasteiger partial charge in [-0.1, -0.05) is 81.4 Å². The van der Waals surface area contributed by atoms with Crippen LogP contribution in [0.4, 0.5) is 9.59 Å². The lowest BCUT2D eigenvalue weighted by atomic mass is 10.1. The van der Waals surface area contributed by atoms with Crippen LogP contribution in [0.25, 0.3) is 0 Å². The lowest BCUT2D eigenvalue weighted by Gasteiger charge is -2.43. The molecule has 2 aromatic rings. The summed E-state index contributed by atoms with van der Waals surface area (Å²) in [6, 6.07) is 17.9. The van der Waals surface area contributed by atoms with Crippen LogP contribution >= 0.6 is 0 Å². The number of carbonyl (C=O) groups excluding carboxylic acids is 2. The fourth-order valence-electron chi connectivity index (χ4n) is 5.06. The molecule has 1 aliphatic rings. The number of piperidine rings is 1. The summed E-state index contributed by atoms with van der Waals surface area (Å²) in [6.45, 7) is 12.5. The maximum atomic E-state index is 12.9. The van der Waals surface area contributed by atoms with Gasteiger partial charge in [-0.05, 0) is 49.0 Å². The lowest BCUT2D eigenvalue weighted by molar-refractivity contribution is -0.140. The lowest BCUT2D eigenvalue weighted by Crippen LogP contribution is -2.67. The van der Waals surface area contributed by atoms with Crippen molar-refractivity contribution in [1.29, 1.82) is 0 Å². The van der Waals surface area contributed by atoms with Crippen LogP contribution in [0.1, 0.15) is 54.4 Å². The zero-order valence-electron chi connectivity index (χ0n) is 24.4. The molecular weight excluding hydrogens is 526 g/mol. The fourth-order valence-corrected chi connectivity index (χ4v) is 9.63. The molecule has 1 unspecified atom stereocenters.